The molecule has 3 nitrogen and oxygen atoms in total. The second-order valence-corrected chi connectivity index (χ2v) is 4.63. The molecule has 1 aromatic carbocycles. The number of hydrogen-bond acceptors (Lipinski definition) is 3. The summed E-state index contributed by atoms with van der Waals surface area (Å²) in [6, 6.07) is 3.82. The van der Waals surface area contributed by atoms with Gasteiger partial charge in [-0.1, -0.05) is 12.2 Å². The van der Waals surface area contributed by atoms with Crippen LogP contribution < -0.4 is 15.2 Å². The molecule has 0 fully saturated rings. The summed E-state index contributed by atoms with van der Waals surface area (Å²) in [6.07, 6.45) is -5.25. The summed E-state index contributed by atoms with van der Waals surface area (Å²) in [5.41, 5.74) is 5.36. The van der Waals surface area contributed by atoms with Crippen LogP contribution in [0, 0.1) is 0 Å². The predicted molar refractivity (Wildman–Crippen MR) is 67.7 cm³/mol. The Bertz CT molecular complexity index is 453. The minimum Gasteiger partial charge on any atom is -0.484 e. The van der Waals surface area contributed by atoms with E-state index in [2.05, 4.69) is 20.7 Å². The summed E-state index contributed by atoms with van der Waals surface area (Å²) in [7, 11) is 0. The van der Waals surface area contributed by atoms with Gasteiger partial charge in [-0.05, 0) is 41.1 Å². The van der Waals surface area contributed by atoms with Gasteiger partial charge in [0, 0.05) is 0 Å². The Kier molecular flexibility index (Phi) is 4.80. The molecule has 2 N–H and O–H groups in total. The molecule has 0 aliphatic carbocycles. The summed E-state index contributed by atoms with van der Waals surface area (Å²) < 4.78 is 45.3. The first kappa shape index (κ1) is 15.0. The maximum atomic E-state index is 12.0. The molecule has 0 bridgehead atoms. The van der Waals surface area contributed by atoms with E-state index in [1.165, 1.54) is 12.1 Å². The highest BCUT2D eigenvalue weighted by atomic mass is 79.9. The summed E-state index contributed by atoms with van der Waals surface area (Å²) in [6.45, 7) is 1.64. The molecule has 1 atom stereocenters. The van der Waals surface area contributed by atoms with E-state index < -0.39 is 12.5 Å². The molecule has 1 aromatic rings. The third-order valence-corrected chi connectivity index (χ3v) is 2.79. The first-order valence-electron chi connectivity index (χ1n) is 4.70. The van der Waals surface area contributed by atoms with Gasteiger partial charge in [-0.25, -0.2) is 0 Å². The lowest BCUT2D eigenvalue weighted by Gasteiger charge is -2.15. The minimum atomic E-state index is -4.74. The molecular weight excluding hydrogens is 335 g/mol. The number of benzene rings is 1. The molecule has 0 aliphatic heterocycles. The molecule has 0 radical (unpaired) electrons. The van der Waals surface area contributed by atoms with Crippen LogP contribution in [-0.4, -0.2) is 17.5 Å². The maximum absolute atomic E-state index is 12.0. The molecule has 8 heteroatoms. The molecule has 0 aromatic heterocycles. The fourth-order valence-corrected chi connectivity index (χ4v) is 1.51. The van der Waals surface area contributed by atoms with Crippen LogP contribution in [0.2, 0.25) is 0 Å². The topological polar surface area (TPSA) is 44.5 Å². The molecule has 1 unspecified atom stereocenters. The number of nitrogens with two attached hydrogens (primary N) is 1. The van der Waals surface area contributed by atoms with Crippen molar-refractivity contribution in [1.29, 1.82) is 0 Å². The second kappa shape index (κ2) is 5.75. The normalized spacial score (nSPS) is 12.9. The maximum Gasteiger partial charge on any atom is 0.573 e. The highest BCUT2D eigenvalue weighted by Crippen LogP contribution is 2.33. The highest BCUT2D eigenvalue weighted by Gasteiger charge is 2.32. The average molecular weight is 344 g/mol. The Balaban J connectivity index is 2.83. The van der Waals surface area contributed by atoms with Crippen molar-refractivity contribution in [2.45, 2.75) is 19.4 Å². The van der Waals surface area contributed by atoms with E-state index in [1.54, 1.807) is 6.92 Å². The zero-order valence-corrected chi connectivity index (χ0v) is 11.5. The average Bonchev–Trinajstić information content (AvgIpc) is 2.20. The molecule has 100 valence electrons. The molecule has 0 aliphatic rings. The van der Waals surface area contributed by atoms with Gasteiger partial charge in [0.2, 0.25) is 0 Å². The van der Waals surface area contributed by atoms with Gasteiger partial charge in [-0.2, -0.15) is 0 Å². The lowest BCUT2D eigenvalue weighted by atomic mass is 10.3. The van der Waals surface area contributed by atoms with Crippen molar-refractivity contribution in [2.24, 2.45) is 5.73 Å². The lowest BCUT2D eigenvalue weighted by Crippen LogP contribution is -2.28. The van der Waals surface area contributed by atoms with Gasteiger partial charge in [-0.3, -0.25) is 0 Å². The fourth-order valence-electron chi connectivity index (χ4n) is 1.02. The molecule has 1 rings (SSSR count). The van der Waals surface area contributed by atoms with Crippen molar-refractivity contribution in [3.05, 3.63) is 22.7 Å². The van der Waals surface area contributed by atoms with E-state index in [0.717, 1.165) is 6.07 Å². The predicted octanol–water partition coefficient (Wildman–Crippen LogP) is 3.40. The van der Waals surface area contributed by atoms with E-state index in [-0.39, 0.29) is 15.2 Å². The van der Waals surface area contributed by atoms with Gasteiger partial charge in [0.15, 0.2) is 0 Å². The Labute approximate surface area is 115 Å². The number of hydrogen-bond donors (Lipinski definition) is 1. The van der Waals surface area contributed by atoms with Gasteiger partial charge < -0.3 is 15.2 Å². The largest absolute Gasteiger partial charge is 0.573 e. The smallest absolute Gasteiger partial charge is 0.484 e. The SMILES string of the molecule is CC(Oc1ccc(OC(F)(F)F)c(Br)c1)C(N)=S. The Morgan fingerprint density at radius 3 is 2.50 bits per heavy atom. The Morgan fingerprint density at radius 1 is 1.44 bits per heavy atom. The second-order valence-electron chi connectivity index (χ2n) is 3.30. The summed E-state index contributed by atoms with van der Waals surface area (Å²) in [4.78, 5) is 0.154. The molecule has 0 saturated heterocycles. The first-order valence-corrected chi connectivity index (χ1v) is 5.90. The van der Waals surface area contributed by atoms with Crippen LogP contribution in [0.4, 0.5) is 13.2 Å². The monoisotopic (exact) mass is 343 g/mol. The van der Waals surface area contributed by atoms with E-state index >= 15 is 0 Å². The van der Waals surface area contributed by atoms with Crippen LogP contribution >= 0.6 is 28.1 Å². The van der Waals surface area contributed by atoms with Gasteiger partial charge in [0.05, 0.1) is 4.47 Å². The number of alkyl halides is 3. The zero-order valence-electron chi connectivity index (χ0n) is 9.12. The van der Waals surface area contributed by atoms with Crippen molar-refractivity contribution in [3.8, 4) is 11.5 Å². The van der Waals surface area contributed by atoms with Crippen molar-refractivity contribution in [3.63, 3.8) is 0 Å². The van der Waals surface area contributed by atoms with Gasteiger partial charge >= 0.3 is 6.36 Å². The third-order valence-electron chi connectivity index (χ3n) is 1.84. The molecule has 0 spiro atoms. The van der Waals surface area contributed by atoms with Crippen molar-refractivity contribution in [1.82, 2.24) is 0 Å². The van der Waals surface area contributed by atoms with Crippen LogP contribution in [0.5, 0.6) is 11.5 Å². The Hall–Kier alpha value is -1.02. The molecule has 0 saturated carbocycles. The van der Waals surface area contributed by atoms with Crippen LogP contribution in [0.3, 0.4) is 0 Å². The van der Waals surface area contributed by atoms with Crippen LogP contribution in [0.1, 0.15) is 6.92 Å². The van der Waals surface area contributed by atoms with Crippen molar-refractivity contribution >= 4 is 33.1 Å². The van der Waals surface area contributed by atoms with Crippen molar-refractivity contribution < 1.29 is 22.6 Å². The van der Waals surface area contributed by atoms with Gasteiger partial charge in [0.1, 0.15) is 22.6 Å². The third kappa shape index (κ3) is 4.69. The number of rotatable bonds is 4. The van der Waals surface area contributed by atoms with E-state index in [4.69, 9.17) is 22.7 Å². The van der Waals surface area contributed by atoms with Crippen molar-refractivity contribution in [2.75, 3.05) is 0 Å². The van der Waals surface area contributed by atoms with E-state index in [1.807, 2.05) is 0 Å². The molecule has 18 heavy (non-hydrogen) atoms. The van der Waals surface area contributed by atoms with Crippen LogP contribution in [0.25, 0.3) is 0 Å². The summed E-state index contributed by atoms with van der Waals surface area (Å²) in [5, 5.41) is 0. The minimum absolute atomic E-state index is 0.118. The van der Waals surface area contributed by atoms with E-state index in [0.29, 0.717) is 5.75 Å². The van der Waals surface area contributed by atoms with Crippen LogP contribution in [-0.2, 0) is 0 Å². The standard InChI is InChI=1S/C10H9BrF3NO2S/c1-5(9(15)18)16-6-2-3-8(7(11)4-6)17-10(12,13)14/h2-5H,1H3,(H2,15,18). The summed E-state index contributed by atoms with van der Waals surface area (Å²) >= 11 is 7.67. The zero-order chi connectivity index (χ0) is 13.9. The van der Waals surface area contributed by atoms with Crippen LogP contribution in [0.15, 0.2) is 22.7 Å². The summed E-state index contributed by atoms with van der Waals surface area (Å²) in [5.74, 6) is -0.0190. The number of halogens is 4. The number of thiocarbonyl (C=S) groups is 1. The van der Waals surface area contributed by atoms with Gasteiger partial charge in [-0.15, -0.1) is 13.2 Å². The number of ether oxygens (including phenoxy) is 2. The fraction of sp³-hybridized carbons (Fsp3) is 0.300. The molecule has 0 heterocycles. The van der Waals surface area contributed by atoms with E-state index in [9.17, 15) is 13.2 Å². The van der Waals surface area contributed by atoms with Gasteiger partial charge in [0.25, 0.3) is 0 Å². The highest BCUT2D eigenvalue weighted by molar-refractivity contribution is 9.10. The molecular formula is C10H9BrF3NO2S. The Morgan fingerprint density at radius 2 is 2.06 bits per heavy atom. The quantitative estimate of drug-likeness (QED) is 0.851. The lowest BCUT2D eigenvalue weighted by molar-refractivity contribution is -0.274. The first-order chi connectivity index (χ1) is 8.19. The molecule has 0 amide bonds.